The van der Waals surface area contributed by atoms with Gasteiger partial charge in [-0.2, -0.15) is 0 Å². The van der Waals surface area contributed by atoms with Crippen molar-refractivity contribution in [1.82, 2.24) is 4.98 Å². The maximum atomic E-state index is 11.9. The molecule has 0 radical (unpaired) electrons. The van der Waals surface area contributed by atoms with Crippen molar-refractivity contribution in [2.24, 2.45) is 0 Å². The normalized spacial score (nSPS) is 12.2. The van der Waals surface area contributed by atoms with Crippen molar-refractivity contribution in [3.8, 4) is 23.1 Å². The van der Waals surface area contributed by atoms with Gasteiger partial charge in [-0.05, 0) is 24.1 Å². The predicted molar refractivity (Wildman–Crippen MR) is 79.5 cm³/mol. The highest BCUT2D eigenvalue weighted by Gasteiger charge is 2.14. The Hall–Kier alpha value is -2.40. The van der Waals surface area contributed by atoms with Gasteiger partial charge in [0, 0.05) is 18.4 Å². The fourth-order valence-electron chi connectivity index (χ4n) is 2.43. The zero-order valence-electron chi connectivity index (χ0n) is 11.4. The van der Waals surface area contributed by atoms with Crippen LogP contribution in [0.25, 0.3) is 11.3 Å². The highest BCUT2D eigenvalue weighted by atomic mass is 16.1. The van der Waals surface area contributed by atoms with E-state index in [0.717, 1.165) is 29.7 Å². The molecule has 2 nitrogen and oxygen atoms in total. The van der Waals surface area contributed by atoms with Crippen LogP contribution in [0.4, 0.5) is 0 Å². The molecule has 3 rings (SSSR count). The zero-order valence-corrected chi connectivity index (χ0v) is 11.4. The van der Waals surface area contributed by atoms with Crippen LogP contribution in [0.2, 0.25) is 0 Å². The molecule has 1 aromatic heterocycles. The molecule has 20 heavy (non-hydrogen) atoms. The Balaban J connectivity index is 2.23. The predicted octanol–water partition coefficient (Wildman–Crippen LogP) is 3.64. The first-order valence-electron chi connectivity index (χ1n) is 6.91. The lowest BCUT2D eigenvalue weighted by atomic mass is 9.95. The van der Waals surface area contributed by atoms with E-state index < -0.39 is 0 Å². The van der Waals surface area contributed by atoms with E-state index in [1.807, 2.05) is 25.1 Å². The maximum Gasteiger partial charge on any atom is 0.180 e. The molecule has 98 valence electrons. The minimum absolute atomic E-state index is 0.0697. The van der Waals surface area contributed by atoms with Crippen molar-refractivity contribution in [2.75, 3.05) is 0 Å². The molecule has 1 aliphatic rings. The van der Waals surface area contributed by atoms with Crippen molar-refractivity contribution in [1.29, 1.82) is 0 Å². The summed E-state index contributed by atoms with van der Waals surface area (Å²) in [6.45, 7) is 1.86. The SMILES string of the molecule is CCC(=O)c1ccc2c(n1)-c1ccccc1CCC#C2. The molecule has 0 spiro atoms. The summed E-state index contributed by atoms with van der Waals surface area (Å²) in [6.07, 6.45) is 2.25. The highest BCUT2D eigenvalue weighted by molar-refractivity contribution is 5.94. The van der Waals surface area contributed by atoms with Crippen LogP contribution in [0, 0.1) is 11.8 Å². The van der Waals surface area contributed by atoms with Crippen molar-refractivity contribution in [3.63, 3.8) is 0 Å². The van der Waals surface area contributed by atoms with Gasteiger partial charge in [0.15, 0.2) is 5.78 Å². The molecule has 2 aromatic rings. The third-order valence-electron chi connectivity index (χ3n) is 3.52. The van der Waals surface area contributed by atoms with Crippen LogP contribution < -0.4 is 0 Å². The van der Waals surface area contributed by atoms with E-state index in [0.29, 0.717) is 12.1 Å². The Morgan fingerprint density at radius 3 is 2.95 bits per heavy atom. The van der Waals surface area contributed by atoms with Crippen molar-refractivity contribution >= 4 is 5.78 Å². The van der Waals surface area contributed by atoms with E-state index >= 15 is 0 Å². The molecule has 0 aliphatic heterocycles. The van der Waals surface area contributed by atoms with Gasteiger partial charge in [-0.25, -0.2) is 4.98 Å². The number of rotatable bonds is 2. The molecule has 0 N–H and O–H groups in total. The van der Waals surface area contributed by atoms with Crippen molar-refractivity contribution < 1.29 is 4.79 Å². The first-order chi connectivity index (χ1) is 9.79. The number of aromatic nitrogens is 1. The Morgan fingerprint density at radius 2 is 2.10 bits per heavy atom. The van der Waals surface area contributed by atoms with E-state index in [4.69, 9.17) is 0 Å². The second-order valence-electron chi connectivity index (χ2n) is 4.83. The van der Waals surface area contributed by atoms with Crippen LogP contribution in [-0.4, -0.2) is 10.8 Å². The number of nitrogens with zero attached hydrogens (tertiary/aromatic N) is 1. The van der Waals surface area contributed by atoms with Gasteiger partial charge in [0.2, 0.25) is 0 Å². The molecule has 0 unspecified atom stereocenters. The Morgan fingerprint density at radius 1 is 1.25 bits per heavy atom. The second kappa shape index (κ2) is 5.30. The van der Waals surface area contributed by atoms with E-state index in [1.54, 1.807) is 6.07 Å². The molecule has 0 saturated carbocycles. The van der Waals surface area contributed by atoms with Crippen LogP contribution in [0.5, 0.6) is 0 Å². The topological polar surface area (TPSA) is 30.0 Å². The van der Waals surface area contributed by atoms with Gasteiger partial charge in [-0.1, -0.05) is 43.0 Å². The van der Waals surface area contributed by atoms with Gasteiger partial charge in [0.25, 0.3) is 0 Å². The molecule has 0 fully saturated rings. The quantitative estimate of drug-likeness (QED) is 0.610. The average Bonchev–Trinajstić information content (AvgIpc) is 2.49. The molecule has 0 bridgehead atoms. The molecule has 0 atom stereocenters. The van der Waals surface area contributed by atoms with Crippen molar-refractivity contribution in [3.05, 3.63) is 53.2 Å². The summed E-state index contributed by atoms with van der Waals surface area (Å²) in [5.74, 6) is 6.41. The lowest BCUT2D eigenvalue weighted by Gasteiger charge is -2.12. The van der Waals surface area contributed by atoms with Gasteiger partial charge in [0.05, 0.1) is 11.3 Å². The minimum atomic E-state index is 0.0697. The molecular formula is C18H15NO. The minimum Gasteiger partial charge on any atom is -0.292 e. The molecule has 0 saturated heterocycles. The van der Waals surface area contributed by atoms with Gasteiger partial charge in [-0.3, -0.25) is 4.79 Å². The molecule has 1 heterocycles. The summed E-state index contributed by atoms with van der Waals surface area (Å²) in [5, 5.41) is 0. The van der Waals surface area contributed by atoms with Gasteiger partial charge in [0.1, 0.15) is 5.69 Å². The van der Waals surface area contributed by atoms with Crippen LogP contribution in [0.1, 0.15) is 41.4 Å². The molecule has 0 amide bonds. The number of Topliss-reactive ketones (excluding diaryl/α,β-unsaturated/α-hetero) is 1. The fourth-order valence-corrected chi connectivity index (χ4v) is 2.43. The number of carbonyl (C=O) groups is 1. The summed E-state index contributed by atoms with van der Waals surface area (Å²) in [7, 11) is 0. The van der Waals surface area contributed by atoms with E-state index in [2.05, 4.69) is 29.0 Å². The first kappa shape index (κ1) is 12.6. The van der Waals surface area contributed by atoms with Gasteiger partial charge < -0.3 is 0 Å². The molecule has 1 aromatic carbocycles. The van der Waals surface area contributed by atoms with E-state index in [-0.39, 0.29) is 5.78 Å². The Kier molecular flexibility index (Phi) is 3.35. The standard InChI is InChI=1S/C18H15NO/c1-2-17(20)16-12-11-14-9-4-3-7-13-8-5-6-10-15(13)18(14)19-16/h5-6,8,10-12H,2-3,7H2,1H3. The van der Waals surface area contributed by atoms with Crippen LogP contribution in [0.15, 0.2) is 36.4 Å². The van der Waals surface area contributed by atoms with Crippen LogP contribution in [0.3, 0.4) is 0 Å². The lowest BCUT2D eigenvalue weighted by molar-refractivity contribution is 0.0983. The summed E-state index contributed by atoms with van der Waals surface area (Å²) in [6, 6.07) is 11.9. The molecule has 2 heteroatoms. The number of fused-ring (bicyclic) bond motifs is 3. The summed E-state index contributed by atoms with van der Waals surface area (Å²) >= 11 is 0. The van der Waals surface area contributed by atoms with Gasteiger partial charge >= 0.3 is 0 Å². The smallest absolute Gasteiger partial charge is 0.180 e. The largest absolute Gasteiger partial charge is 0.292 e. The number of hydrogen-bond acceptors (Lipinski definition) is 2. The number of benzene rings is 1. The number of pyridine rings is 1. The van der Waals surface area contributed by atoms with Gasteiger partial charge in [-0.15, -0.1) is 0 Å². The van der Waals surface area contributed by atoms with Crippen LogP contribution in [-0.2, 0) is 6.42 Å². The summed E-state index contributed by atoms with van der Waals surface area (Å²) < 4.78 is 0. The lowest BCUT2D eigenvalue weighted by Crippen LogP contribution is -2.04. The molecular weight excluding hydrogens is 246 g/mol. The molecule has 1 aliphatic carbocycles. The number of aryl methyl sites for hydroxylation is 1. The third kappa shape index (κ3) is 2.23. The number of ketones is 1. The van der Waals surface area contributed by atoms with E-state index in [1.165, 1.54) is 5.56 Å². The Labute approximate surface area is 118 Å². The first-order valence-corrected chi connectivity index (χ1v) is 6.91. The average molecular weight is 261 g/mol. The number of hydrogen-bond donors (Lipinski definition) is 0. The number of carbonyl (C=O) groups excluding carboxylic acids is 1. The summed E-state index contributed by atoms with van der Waals surface area (Å²) in [5.41, 5.74) is 4.62. The summed E-state index contributed by atoms with van der Waals surface area (Å²) in [4.78, 5) is 16.4. The fraction of sp³-hybridized carbons (Fsp3) is 0.222. The van der Waals surface area contributed by atoms with Crippen molar-refractivity contribution in [2.45, 2.75) is 26.2 Å². The monoisotopic (exact) mass is 261 g/mol. The highest BCUT2D eigenvalue weighted by Crippen LogP contribution is 2.27. The maximum absolute atomic E-state index is 11.9. The van der Waals surface area contributed by atoms with E-state index in [9.17, 15) is 4.79 Å². The van der Waals surface area contributed by atoms with Crippen LogP contribution >= 0.6 is 0 Å². The zero-order chi connectivity index (χ0) is 13.9. The Bertz CT molecular complexity index is 735. The second-order valence-corrected chi connectivity index (χ2v) is 4.83. The third-order valence-corrected chi connectivity index (χ3v) is 3.52.